The lowest BCUT2D eigenvalue weighted by atomic mass is 9.99. The van der Waals surface area contributed by atoms with E-state index in [-0.39, 0.29) is 46.4 Å². The number of hydrogen-bond donors (Lipinski definition) is 1. The van der Waals surface area contributed by atoms with Crippen molar-refractivity contribution in [1.29, 1.82) is 0 Å². The van der Waals surface area contributed by atoms with E-state index in [2.05, 4.69) is 14.3 Å². The average Bonchev–Trinajstić information content (AvgIpc) is 3.51. The summed E-state index contributed by atoms with van der Waals surface area (Å²) in [5.74, 6) is -1.31. The van der Waals surface area contributed by atoms with Crippen LogP contribution in [0.5, 0.6) is 11.6 Å². The Hall–Kier alpha value is -3.92. The van der Waals surface area contributed by atoms with Crippen LogP contribution in [-0.2, 0) is 16.7 Å². The van der Waals surface area contributed by atoms with Gasteiger partial charge in [0, 0.05) is 28.4 Å². The van der Waals surface area contributed by atoms with Crippen molar-refractivity contribution in [3.8, 4) is 34.1 Å². The highest BCUT2D eigenvalue weighted by Crippen LogP contribution is 2.47. The maximum absolute atomic E-state index is 14.3. The summed E-state index contributed by atoms with van der Waals surface area (Å²) in [5.41, 5.74) is -4.58. The Bertz CT molecular complexity index is 1770. The molecule has 1 aliphatic heterocycles. The van der Waals surface area contributed by atoms with E-state index < -0.39 is 39.5 Å². The molecule has 5 rings (SSSR count). The number of pyridine rings is 1. The van der Waals surface area contributed by atoms with Gasteiger partial charge < -0.3 is 18.9 Å². The van der Waals surface area contributed by atoms with E-state index in [9.17, 15) is 35.9 Å². The zero-order valence-corrected chi connectivity index (χ0v) is 23.3. The van der Waals surface area contributed by atoms with Crippen molar-refractivity contribution in [2.45, 2.75) is 45.0 Å². The van der Waals surface area contributed by atoms with Gasteiger partial charge in [0.1, 0.15) is 23.0 Å². The van der Waals surface area contributed by atoms with Gasteiger partial charge in [0.2, 0.25) is 5.88 Å². The smallest absolute Gasteiger partial charge is 0.490 e. The number of fused-ring (bicyclic) bond motifs is 2. The van der Waals surface area contributed by atoms with Gasteiger partial charge >= 0.3 is 21.7 Å². The number of carboxylic acid groups (broad SMARTS) is 1. The molecule has 0 spiro atoms. The lowest BCUT2D eigenvalue weighted by Crippen LogP contribution is -2.39. The molecule has 4 aromatic rings. The van der Waals surface area contributed by atoms with Crippen molar-refractivity contribution >= 4 is 37.6 Å². The number of nitrogens with zero attached hydrogens (tertiary/aromatic N) is 4. The van der Waals surface area contributed by atoms with Crippen LogP contribution in [0.1, 0.15) is 32.5 Å². The van der Waals surface area contributed by atoms with Gasteiger partial charge in [-0.2, -0.15) is 26.7 Å². The van der Waals surface area contributed by atoms with Crippen LogP contribution in [0.15, 0.2) is 35.7 Å². The van der Waals surface area contributed by atoms with Crippen LogP contribution in [0.25, 0.3) is 32.6 Å². The molecule has 218 valence electrons. The van der Waals surface area contributed by atoms with E-state index in [1.54, 1.807) is 25.5 Å². The zero-order valence-electron chi connectivity index (χ0n) is 21.6. The van der Waals surface area contributed by atoms with Crippen molar-refractivity contribution in [1.82, 2.24) is 19.7 Å². The number of hydrogen-bond acceptors (Lipinski definition) is 8. The minimum Gasteiger partial charge on any atom is -0.490 e. The quantitative estimate of drug-likeness (QED) is 0.159. The molecule has 0 saturated carbocycles. The summed E-state index contributed by atoms with van der Waals surface area (Å²) in [6.45, 7) is 5.31. The third-order valence-corrected chi connectivity index (χ3v) is 8.08. The third kappa shape index (κ3) is 5.28. The van der Waals surface area contributed by atoms with Gasteiger partial charge in [0.05, 0.1) is 29.8 Å². The van der Waals surface area contributed by atoms with Crippen LogP contribution >= 0.6 is 11.3 Å². The highest BCUT2D eigenvalue weighted by atomic mass is 32.2. The van der Waals surface area contributed by atoms with Gasteiger partial charge in [-0.3, -0.25) is 4.68 Å². The first-order valence-corrected chi connectivity index (χ1v) is 14.4. The van der Waals surface area contributed by atoms with E-state index in [1.807, 2.05) is 0 Å². The molecule has 0 radical (unpaired) electrons. The van der Waals surface area contributed by atoms with Crippen LogP contribution in [0.2, 0.25) is 0 Å². The number of halogens is 4. The largest absolute Gasteiger partial charge is 0.534 e. The van der Waals surface area contributed by atoms with Gasteiger partial charge in [-0.05, 0) is 50.4 Å². The first kappa shape index (κ1) is 28.6. The van der Waals surface area contributed by atoms with Crippen LogP contribution in [0.3, 0.4) is 0 Å². The minimum atomic E-state index is -6.08. The van der Waals surface area contributed by atoms with Gasteiger partial charge in [-0.25, -0.2) is 14.2 Å². The average molecular weight is 615 g/mol. The Balaban J connectivity index is 1.80. The second-order valence-electron chi connectivity index (χ2n) is 9.57. The van der Waals surface area contributed by atoms with Crippen LogP contribution < -0.4 is 8.92 Å². The Kier molecular flexibility index (Phi) is 7.09. The van der Waals surface area contributed by atoms with E-state index in [4.69, 9.17) is 4.74 Å². The highest BCUT2D eigenvalue weighted by molar-refractivity contribution is 7.88. The van der Waals surface area contributed by atoms with E-state index in [1.165, 1.54) is 34.5 Å². The maximum atomic E-state index is 14.3. The van der Waals surface area contributed by atoms with Gasteiger partial charge in [0.15, 0.2) is 0 Å². The molecule has 0 fully saturated rings. The molecular weight excluding hydrogens is 592 g/mol. The summed E-state index contributed by atoms with van der Waals surface area (Å²) in [6, 6.07) is 6.23. The van der Waals surface area contributed by atoms with Crippen molar-refractivity contribution in [2.24, 2.45) is 0 Å². The SMILES string of the molecule is CC(C)Oc1cc(F)ccc1-c1c(-c2cc3n(n2)[C@H](C)CN(C(=O)O)C3)nc(OS(=O)(=O)C(F)(F)F)c2ccsc12. The number of carbonyl (C=O) groups is 1. The first-order valence-electron chi connectivity index (χ1n) is 12.1. The minimum absolute atomic E-state index is 0.0205. The van der Waals surface area contributed by atoms with Crippen LogP contribution in [0, 0.1) is 5.82 Å². The Labute approximate surface area is 234 Å². The molecule has 1 aliphatic rings. The number of ether oxygens (including phenoxy) is 1. The molecule has 1 amide bonds. The Morgan fingerprint density at radius 1 is 1.22 bits per heavy atom. The second-order valence-corrected chi connectivity index (χ2v) is 12.0. The maximum Gasteiger partial charge on any atom is 0.534 e. The second kappa shape index (κ2) is 10.2. The van der Waals surface area contributed by atoms with E-state index in [0.29, 0.717) is 16.8 Å². The lowest BCUT2D eigenvalue weighted by Gasteiger charge is -2.29. The predicted octanol–water partition coefficient (Wildman–Crippen LogP) is 6.04. The Morgan fingerprint density at radius 2 is 1.95 bits per heavy atom. The summed E-state index contributed by atoms with van der Waals surface area (Å²) in [5, 5.41) is 15.6. The molecular formula is C25H22F4N4O6S2. The van der Waals surface area contributed by atoms with E-state index in [0.717, 1.165) is 17.4 Å². The molecule has 0 saturated heterocycles. The molecule has 16 heteroatoms. The molecule has 1 aromatic carbocycles. The molecule has 1 atom stereocenters. The van der Waals surface area contributed by atoms with Crippen molar-refractivity contribution in [2.75, 3.05) is 6.54 Å². The molecule has 0 unspecified atom stereocenters. The summed E-state index contributed by atoms with van der Waals surface area (Å²) >= 11 is 1.07. The first-order chi connectivity index (χ1) is 19.2. The lowest BCUT2D eigenvalue weighted by molar-refractivity contribution is -0.0500. The molecule has 1 N–H and O–H groups in total. The number of thiophene rings is 1. The monoisotopic (exact) mass is 614 g/mol. The number of amides is 1. The molecule has 4 heterocycles. The molecule has 10 nitrogen and oxygen atoms in total. The Morgan fingerprint density at radius 3 is 2.61 bits per heavy atom. The van der Waals surface area contributed by atoms with E-state index >= 15 is 0 Å². The summed E-state index contributed by atoms with van der Waals surface area (Å²) in [6.07, 6.45) is -1.52. The molecule has 41 heavy (non-hydrogen) atoms. The van der Waals surface area contributed by atoms with Crippen LogP contribution in [-0.4, -0.2) is 57.4 Å². The number of alkyl halides is 3. The van der Waals surface area contributed by atoms with Crippen molar-refractivity contribution in [3.63, 3.8) is 0 Å². The molecule has 3 aromatic heterocycles. The fraction of sp³-hybridized carbons (Fsp3) is 0.320. The third-order valence-electron chi connectivity index (χ3n) is 6.20. The number of rotatable bonds is 6. The zero-order chi connectivity index (χ0) is 29.9. The van der Waals surface area contributed by atoms with Gasteiger partial charge in [-0.15, -0.1) is 11.3 Å². The van der Waals surface area contributed by atoms with Crippen molar-refractivity contribution < 1.29 is 44.8 Å². The van der Waals surface area contributed by atoms with Gasteiger partial charge in [-0.1, -0.05) is 0 Å². The summed E-state index contributed by atoms with van der Waals surface area (Å²) < 4.78 is 90.3. The number of benzene rings is 1. The fourth-order valence-electron chi connectivity index (χ4n) is 4.55. The standard InChI is InChI=1S/C25H22F4N4O6S2/c1-12(2)38-19-8-14(26)4-5-16(19)20-21(18-9-15-11-32(24(34)35)10-13(3)33(15)31-18)30-23(17-6-7-40-22(17)20)39-41(36,37)25(27,28)29/h4-9,12-13H,10-11H2,1-3H3,(H,34,35)/t13-/m1/s1. The predicted molar refractivity (Wildman–Crippen MR) is 141 cm³/mol. The van der Waals surface area contributed by atoms with Gasteiger partial charge in [0.25, 0.3) is 0 Å². The topological polar surface area (TPSA) is 124 Å². The fourth-order valence-corrected chi connectivity index (χ4v) is 5.93. The molecule has 0 bridgehead atoms. The normalized spacial score (nSPS) is 15.8. The summed E-state index contributed by atoms with van der Waals surface area (Å²) in [4.78, 5) is 17.0. The molecule has 0 aliphatic carbocycles. The number of aromatic nitrogens is 3. The van der Waals surface area contributed by atoms with Crippen molar-refractivity contribution in [3.05, 3.63) is 47.2 Å². The van der Waals surface area contributed by atoms with Crippen LogP contribution in [0.4, 0.5) is 22.4 Å². The highest BCUT2D eigenvalue weighted by Gasteiger charge is 2.49. The summed E-state index contributed by atoms with van der Waals surface area (Å²) in [7, 11) is -6.08.